The Labute approximate surface area is 147 Å². The monoisotopic (exact) mass is 411 g/mol. The van der Waals surface area contributed by atoms with Gasteiger partial charge in [-0.2, -0.15) is 0 Å². The molecule has 116 valence electrons. The third-order valence-corrected chi connectivity index (χ3v) is 4.63. The summed E-state index contributed by atoms with van der Waals surface area (Å²) in [6.45, 7) is 0. The third kappa shape index (κ3) is 3.34. The van der Waals surface area contributed by atoms with Crippen LogP contribution in [0.25, 0.3) is 10.2 Å². The molecular weight excluding hydrogens is 406 g/mol. The van der Waals surface area contributed by atoms with Crippen LogP contribution in [-0.2, 0) is 0 Å². The second-order valence-corrected chi connectivity index (χ2v) is 6.89. The molecule has 6 nitrogen and oxygen atoms in total. The minimum atomic E-state index is -0.627. The van der Waals surface area contributed by atoms with E-state index in [0.29, 0.717) is 5.13 Å². The minimum Gasteiger partial charge on any atom is -0.298 e. The standard InChI is InChI=1S/C14H7BrClN3O3S/c15-7-1-3-10-12(5-7)23-14(17-10)18-13(20)9-6-8(16)2-4-11(9)19(21)22/h1-6H,(H,17,18,20). The first-order valence-corrected chi connectivity index (χ1v) is 8.24. The number of hydrogen-bond donors (Lipinski definition) is 1. The van der Waals surface area contributed by atoms with Gasteiger partial charge in [-0.15, -0.1) is 0 Å². The summed E-state index contributed by atoms with van der Waals surface area (Å²) in [5.74, 6) is -0.627. The van der Waals surface area contributed by atoms with Gasteiger partial charge in [0.2, 0.25) is 0 Å². The lowest BCUT2D eigenvalue weighted by atomic mass is 10.1. The lowest BCUT2D eigenvalue weighted by Crippen LogP contribution is -2.13. The smallest absolute Gasteiger partial charge is 0.282 e. The summed E-state index contributed by atoms with van der Waals surface area (Å²) in [6.07, 6.45) is 0. The number of aromatic nitrogens is 1. The minimum absolute atomic E-state index is 0.108. The van der Waals surface area contributed by atoms with Crippen LogP contribution < -0.4 is 5.32 Å². The second-order valence-electron chi connectivity index (χ2n) is 4.50. The van der Waals surface area contributed by atoms with E-state index in [1.807, 2.05) is 18.2 Å². The number of hydrogen-bond acceptors (Lipinski definition) is 5. The topological polar surface area (TPSA) is 85.1 Å². The highest BCUT2D eigenvalue weighted by Gasteiger charge is 2.21. The maximum atomic E-state index is 12.3. The van der Waals surface area contributed by atoms with Gasteiger partial charge in [-0.25, -0.2) is 4.98 Å². The first-order valence-electron chi connectivity index (χ1n) is 6.25. The van der Waals surface area contributed by atoms with Crippen molar-refractivity contribution in [2.75, 3.05) is 5.32 Å². The van der Waals surface area contributed by atoms with Gasteiger partial charge in [-0.1, -0.05) is 38.9 Å². The Balaban J connectivity index is 1.94. The van der Waals surface area contributed by atoms with Gasteiger partial charge < -0.3 is 0 Å². The number of nitrogens with one attached hydrogen (secondary N) is 1. The van der Waals surface area contributed by atoms with E-state index in [2.05, 4.69) is 26.2 Å². The number of nitro groups is 1. The zero-order chi connectivity index (χ0) is 16.6. The molecule has 3 aromatic rings. The van der Waals surface area contributed by atoms with Crippen LogP contribution in [0.1, 0.15) is 10.4 Å². The molecule has 1 amide bonds. The van der Waals surface area contributed by atoms with Crippen LogP contribution in [0.5, 0.6) is 0 Å². The van der Waals surface area contributed by atoms with Gasteiger partial charge in [0, 0.05) is 15.6 Å². The number of nitrogens with zero attached hydrogens (tertiary/aromatic N) is 2. The third-order valence-electron chi connectivity index (χ3n) is 2.97. The molecule has 0 saturated carbocycles. The van der Waals surface area contributed by atoms with E-state index in [0.717, 1.165) is 14.7 Å². The van der Waals surface area contributed by atoms with Crippen LogP contribution in [0.3, 0.4) is 0 Å². The van der Waals surface area contributed by atoms with Crippen molar-refractivity contribution in [2.45, 2.75) is 0 Å². The van der Waals surface area contributed by atoms with Crippen LogP contribution in [0.15, 0.2) is 40.9 Å². The van der Waals surface area contributed by atoms with Gasteiger partial charge in [0.1, 0.15) is 5.56 Å². The highest BCUT2D eigenvalue weighted by molar-refractivity contribution is 9.10. The number of carbonyl (C=O) groups is 1. The molecule has 1 heterocycles. The van der Waals surface area contributed by atoms with Crippen molar-refractivity contribution >= 4 is 65.8 Å². The van der Waals surface area contributed by atoms with E-state index in [1.54, 1.807) is 0 Å². The predicted octanol–water partition coefficient (Wildman–Crippen LogP) is 4.87. The van der Waals surface area contributed by atoms with Crippen molar-refractivity contribution in [1.82, 2.24) is 4.98 Å². The number of rotatable bonds is 3. The predicted molar refractivity (Wildman–Crippen MR) is 93.4 cm³/mol. The van der Waals surface area contributed by atoms with Gasteiger partial charge >= 0.3 is 0 Å². The van der Waals surface area contributed by atoms with Crippen LogP contribution in [0, 0.1) is 10.1 Å². The molecule has 0 aliphatic carbocycles. The molecule has 0 aliphatic rings. The summed E-state index contributed by atoms with van der Waals surface area (Å²) in [5, 5.41) is 14.2. The summed E-state index contributed by atoms with van der Waals surface area (Å²) < 4.78 is 1.78. The fraction of sp³-hybridized carbons (Fsp3) is 0. The molecule has 0 bridgehead atoms. The Bertz CT molecular complexity index is 944. The number of anilines is 1. The number of benzene rings is 2. The Hall–Kier alpha value is -2.03. The first-order chi connectivity index (χ1) is 10.9. The van der Waals surface area contributed by atoms with Crippen molar-refractivity contribution in [2.24, 2.45) is 0 Å². The van der Waals surface area contributed by atoms with Crippen molar-refractivity contribution in [3.8, 4) is 0 Å². The maximum absolute atomic E-state index is 12.3. The zero-order valence-corrected chi connectivity index (χ0v) is 14.4. The fourth-order valence-electron chi connectivity index (χ4n) is 1.97. The van der Waals surface area contributed by atoms with Gasteiger partial charge in [0.25, 0.3) is 11.6 Å². The quantitative estimate of drug-likeness (QED) is 0.491. The van der Waals surface area contributed by atoms with Crippen molar-refractivity contribution < 1.29 is 9.72 Å². The lowest BCUT2D eigenvalue weighted by Gasteiger charge is -2.03. The van der Waals surface area contributed by atoms with E-state index in [-0.39, 0.29) is 16.3 Å². The fourth-order valence-corrected chi connectivity index (χ4v) is 3.55. The maximum Gasteiger partial charge on any atom is 0.282 e. The molecule has 0 atom stereocenters. The van der Waals surface area contributed by atoms with E-state index in [4.69, 9.17) is 11.6 Å². The van der Waals surface area contributed by atoms with E-state index in [1.165, 1.54) is 29.5 Å². The number of thiazole rings is 1. The molecule has 1 aromatic heterocycles. The van der Waals surface area contributed by atoms with Crippen LogP contribution in [0.4, 0.5) is 10.8 Å². The first kappa shape index (κ1) is 15.9. The van der Waals surface area contributed by atoms with E-state index >= 15 is 0 Å². The molecule has 0 fully saturated rings. The van der Waals surface area contributed by atoms with Crippen molar-refractivity contribution in [1.29, 1.82) is 0 Å². The van der Waals surface area contributed by atoms with Crippen LogP contribution in [0.2, 0.25) is 5.02 Å². The molecule has 23 heavy (non-hydrogen) atoms. The van der Waals surface area contributed by atoms with E-state index < -0.39 is 10.8 Å². The lowest BCUT2D eigenvalue weighted by molar-refractivity contribution is -0.385. The number of carbonyl (C=O) groups excluding carboxylic acids is 1. The zero-order valence-electron chi connectivity index (χ0n) is 11.2. The van der Waals surface area contributed by atoms with Crippen LogP contribution in [-0.4, -0.2) is 15.8 Å². The summed E-state index contributed by atoms with van der Waals surface area (Å²) in [4.78, 5) is 27.0. The Morgan fingerprint density at radius 2 is 2.09 bits per heavy atom. The average Bonchev–Trinajstić information content (AvgIpc) is 2.88. The van der Waals surface area contributed by atoms with Crippen molar-refractivity contribution in [3.63, 3.8) is 0 Å². The SMILES string of the molecule is O=C(Nc1nc2ccc(Br)cc2s1)c1cc(Cl)ccc1[N+](=O)[O-]. The highest BCUT2D eigenvalue weighted by Crippen LogP contribution is 2.30. The number of fused-ring (bicyclic) bond motifs is 1. The highest BCUT2D eigenvalue weighted by atomic mass is 79.9. The van der Waals surface area contributed by atoms with Gasteiger partial charge in [0.15, 0.2) is 5.13 Å². The molecular formula is C14H7BrClN3O3S. The van der Waals surface area contributed by atoms with Crippen LogP contribution >= 0.6 is 38.9 Å². The molecule has 0 unspecified atom stereocenters. The van der Waals surface area contributed by atoms with Crippen molar-refractivity contribution in [3.05, 3.63) is 61.6 Å². The molecule has 9 heteroatoms. The Morgan fingerprint density at radius 1 is 1.30 bits per heavy atom. The van der Waals surface area contributed by atoms with E-state index in [9.17, 15) is 14.9 Å². The number of halogens is 2. The largest absolute Gasteiger partial charge is 0.298 e. The molecule has 0 spiro atoms. The summed E-state index contributed by atoms with van der Waals surface area (Å²) >= 11 is 10.5. The molecule has 0 radical (unpaired) electrons. The Kier molecular flexibility index (Phi) is 4.29. The summed E-state index contributed by atoms with van der Waals surface area (Å²) in [6, 6.07) is 9.37. The van der Waals surface area contributed by atoms with Gasteiger partial charge in [0.05, 0.1) is 15.1 Å². The molecule has 3 rings (SSSR count). The molecule has 1 N–H and O–H groups in total. The number of amides is 1. The summed E-state index contributed by atoms with van der Waals surface area (Å²) in [7, 11) is 0. The van der Waals surface area contributed by atoms with Gasteiger partial charge in [-0.05, 0) is 30.3 Å². The molecule has 2 aromatic carbocycles. The molecule has 0 saturated heterocycles. The second kappa shape index (κ2) is 6.23. The Morgan fingerprint density at radius 3 is 2.83 bits per heavy atom. The normalized spacial score (nSPS) is 10.7. The summed E-state index contributed by atoms with van der Waals surface area (Å²) in [5.41, 5.74) is 0.313. The average molecular weight is 413 g/mol. The van der Waals surface area contributed by atoms with Gasteiger partial charge in [-0.3, -0.25) is 20.2 Å². The number of nitro benzene ring substituents is 1. The molecule has 0 aliphatic heterocycles.